The lowest BCUT2D eigenvalue weighted by Gasteiger charge is -2.28. The number of fused-ring (bicyclic) bond motifs is 6. The number of benzene rings is 11. The van der Waals surface area contributed by atoms with Gasteiger partial charge in [0.15, 0.2) is 0 Å². The lowest BCUT2D eigenvalue weighted by molar-refractivity contribution is 0.631. The Balaban J connectivity index is 0.929. The molecule has 0 saturated heterocycles. The topological polar surface area (TPSA) is 16.4 Å². The number of nitrogens with zero attached hydrogens (tertiary/aromatic N) is 1. The molecule has 0 unspecified atom stereocenters. The van der Waals surface area contributed by atoms with Crippen molar-refractivity contribution >= 4 is 71.1 Å². The molecular weight excluding hydrogens is 751 g/mol. The Morgan fingerprint density at radius 2 is 0.839 bits per heavy atom. The first-order valence-electron chi connectivity index (χ1n) is 21.2. The quantitative estimate of drug-likeness (QED) is 0.150. The number of rotatable bonds is 7. The molecule has 0 spiro atoms. The van der Waals surface area contributed by atoms with E-state index in [0.29, 0.717) is 0 Å². The van der Waals surface area contributed by atoms with Crippen LogP contribution in [0.2, 0.25) is 0 Å². The normalized spacial score (nSPS) is 11.5. The molecule has 0 fully saturated rings. The van der Waals surface area contributed by atoms with Crippen molar-refractivity contribution in [2.75, 3.05) is 4.90 Å². The SMILES string of the molecule is c1cc(-c2ccc3cc(N(c4ccc(-c5ccc(-c6cccc7ccccc67)cc5)cc4)c4cc5ccccc5c5ccccc45)ccc3c2)cc(-c2cc3ccccc3o2)c1. The zero-order chi connectivity index (χ0) is 41.0. The van der Waals surface area contributed by atoms with Gasteiger partial charge in [-0.2, -0.15) is 0 Å². The second kappa shape index (κ2) is 14.8. The van der Waals surface area contributed by atoms with Gasteiger partial charge in [-0.25, -0.2) is 0 Å². The summed E-state index contributed by atoms with van der Waals surface area (Å²) in [6.45, 7) is 0. The summed E-state index contributed by atoms with van der Waals surface area (Å²) in [4.78, 5) is 2.42. The zero-order valence-electron chi connectivity index (χ0n) is 33.9. The second-order valence-electron chi connectivity index (χ2n) is 16.1. The van der Waals surface area contributed by atoms with Gasteiger partial charge in [0.1, 0.15) is 11.3 Å². The first kappa shape index (κ1) is 35.7. The van der Waals surface area contributed by atoms with Crippen LogP contribution in [0.3, 0.4) is 0 Å². The van der Waals surface area contributed by atoms with Crippen molar-refractivity contribution in [2.24, 2.45) is 0 Å². The monoisotopic (exact) mass is 789 g/mol. The van der Waals surface area contributed by atoms with Crippen molar-refractivity contribution in [1.82, 2.24) is 0 Å². The molecule has 0 atom stereocenters. The van der Waals surface area contributed by atoms with Gasteiger partial charge >= 0.3 is 0 Å². The van der Waals surface area contributed by atoms with E-state index in [4.69, 9.17) is 4.42 Å². The third-order valence-corrected chi connectivity index (χ3v) is 12.4. The van der Waals surface area contributed by atoms with Crippen molar-refractivity contribution in [1.29, 1.82) is 0 Å². The summed E-state index contributed by atoms with van der Waals surface area (Å²) in [5, 5.41) is 10.9. The van der Waals surface area contributed by atoms with Crippen molar-refractivity contribution < 1.29 is 4.42 Å². The summed E-state index contributed by atoms with van der Waals surface area (Å²) >= 11 is 0. The lowest BCUT2D eigenvalue weighted by atomic mass is 9.96. The van der Waals surface area contributed by atoms with Crippen LogP contribution < -0.4 is 4.90 Å². The van der Waals surface area contributed by atoms with Gasteiger partial charge in [-0.05, 0) is 126 Å². The standard InChI is InChI=1S/C60H39NO/c1-4-17-53-42(11-1)14-10-21-54(53)43-25-23-40(24-26-43)41-29-32-51(33-30-41)61(58-38-48-12-2-5-18-55(48)56-19-6-7-20-57(56)58)52-34-31-46-35-45(27-28-47(46)37-52)44-15-9-16-49(36-44)60-39-50-13-3-8-22-59(50)62-60/h1-39H. The van der Waals surface area contributed by atoms with Gasteiger partial charge < -0.3 is 9.32 Å². The van der Waals surface area contributed by atoms with Crippen LogP contribution in [0, 0.1) is 0 Å². The van der Waals surface area contributed by atoms with Crippen LogP contribution in [0.5, 0.6) is 0 Å². The van der Waals surface area contributed by atoms with Crippen LogP contribution in [-0.4, -0.2) is 0 Å². The number of hydrogen-bond acceptors (Lipinski definition) is 2. The van der Waals surface area contributed by atoms with E-state index in [1.165, 1.54) is 70.9 Å². The van der Waals surface area contributed by atoms with Crippen LogP contribution >= 0.6 is 0 Å². The average Bonchev–Trinajstić information content (AvgIpc) is 3.79. The van der Waals surface area contributed by atoms with E-state index in [1.54, 1.807) is 0 Å². The first-order chi connectivity index (χ1) is 30.7. The summed E-state index contributed by atoms with van der Waals surface area (Å²) in [5.74, 6) is 0.877. The van der Waals surface area contributed by atoms with Gasteiger partial charge in [0, 0.05) is 27.7 Å². The first-order valence-corrected chi connectivity index (χ1v) is 21.2. The molecule has 0 radical (unpaired) electrons. The highest BCUT2D eigenvalue weighted by molar-refractivity contribution is 6.15. The Labute approximate surface area is 360 Å². The minimum absolute atomic E-state index is 0.877. The van der Waals surface area contributed by atoms with E-state index in [0.717, 1.165) is 44.9 Å². The molecule has 0 aliphatic heterocycles. The Morgan fingerprint density at radius 3 is 1.66 bits per heavy atom. The summed E-state index contributed by atoms with van der Waals surface area (Å²) in [6, 6.07) is 85.6. The summed E-state index contributed by atoms with van der Waals surface area (Å²) in [7, 11) is 0. The van der Waals surface area contributed by atoms with E-state index in [-0.39, 0.29) is 0 Å². The molecule has 0 aliphatic rings. The lowest BCUT2D eigenvalue weighted by Crippen LogP contribution is -2.10. The Kier molecular flexibility index (Phi) is 8.53. The maximum Gasteiger partial charge on any atom is 0.135 e. The smallest absolute Gasteiger partial charge is 0.135 e. The molecule has 1 heterocycles. The second-order valence-corrected chi connectivity index (χ2v) is 16.1. The minimum Gasteiger partial charge on any atom is -0.456 e. The molecule has 12 aromatic rings. The Bertz CT molecular complexity index is 3600. The zero-order valence-corrected chi connectivity index (χ0v) is 33.9. The number of para-hydroxylation sites is 1. The van der Waals surface area contributed by atoms with Crippen molar-refractivity contribution in [3.05, 3.63) is 237 Å². The number of furan rings is 1. The van der Waals surface area contributed by atoms with Gasteiger partial charge in [0.25, 0.3) is 0 Å². The average molecular weight is 790 g/mol. The van der Waals surface area contributed by atoms with Crippen LogP contribution in [-0.2, 0) is 0 Å². The molecule has 0 aliphatic carbocycles. The maximum absolute atomic E-state index is 6.23. The molecule has 12 rings (SSSR count). The fourth-order valence-electron chi connectivity index (χ4n) is 9.30. The predicted octanol–water partition coefficient (Wildman–Crippen LogP) is 17.2. The van der Waals surface area contributed by atoms with Crippen LogP contribution in [0.25, 0.3) is 98.8 Å². The van der Waals surface area contributed by atoms with E-state index < -0.39 is 0 Å². The highest BCUT2D eigenvalue weighted by Gasteiger charge is 2.19. The minimum atomic E-state index is 0.877. The van der Waals surface area contributed by atoms with Crippen LogP contribution in [0.4, 0.5) is 17.1 Å². The van der Waals surface area contributed by atoms with E-state index in [2.05, 4.69) is 223 Å². The van der Waals surface area contributed by atoms with Crippen molar-refractivity contribution in [2.45, 2.75) is 0 Å². The molecule has 0 bridgehead atoms. The summed E-state index contributed by atoms with van der Waals surface area (Å²) < 4.78 is 6.23. The summed E-state index contributed by atoms with van der Waals surface area (Å²) in [6.07, 6.45) is 0. The molecule has 290 valence electrons. The van der Waals surface area contributed by atoms with Gasteiger partial charge in [-0.1, -0.05) is 182 Å². The molecule has 0 saturated carbocycles. The van der Waals surface area contributed by atoms with E-state index in [1.807, 2.05) is 18.2 Å². The largest absolute Gasteiger partial charge is 0.456 e. The number of anilines is 3. The van der Waals surface area contributed by atoms with Crippen molar-refractivity contribution in [3.63, 3.8) is 0 Å². The highest BCUT2D eigenvalue weighted by Crippen LogP contribution is 2.44. The predicted molar refractivity (Wildman–Crippen MR) is 263 cm³/mol. The molecule has 62 heavy (non-hydrogen) atoms. The van der Waals surface area contributed by atoms with Crippen molar-refractivity contribution in [3.8, 4) is 44.7 Å². The molecule has 0 amide bonds. The molecule has 1 aromatic heterocycles. The molecule has 2 heteroatoms. The van der Waals surface area contributed by atoms with Gasteiger partial charge in [0.2, 0.25) is 0 Å². The Morgan fingerprint density at radius 1 is 0.274 bits per heavy atom. The fourth-order valence-corrected chi connectivity index (χ4v) is 9.30. The van der Waals surface area contributed by atoms with Gasteiger partial charge in [0.05, 0.1) is 5.69 Å². The van der Waals surface area contributed by atoms with E-state index in [9.17, 15) is 0 Å². The highest BCUT2D eigenvalue weighted by atomic mass is 16.3. The summed E-state index contributed by atoms with van der Waals surface area (Å²) in [5.41, 5.74) is 12.5. The number of hydrogen-bond donors (Lipinski definition) is 0. The van der Waals surface area contributed by atoms with Crippen LogP contribution in [0.15, 0.2) is 241 Å². The van der Waals surface area contributed by atoms with Gasteiger partial charge in [-0.3, -0.25) is 0 Å². The third kappa shape index (κ3) is 6.29. The van der Waals surface area contributed by atoms with E-state index >= 15 is 0 Å². The Hall–Kier alpha value is -8.20. The fraction of sp³-hybridized carbons (Fsp3) is 0. The molecule has 0 N–H and O–H groups in total. The molecule has 11 aromatic carbocycles. The molecular formula is C60H39NO. The van der Waals surface area contributed by atoms with Gasteiger partial charge in [-0.15, -0.1) is 0 Å². The molecule has 2 nitrogen and oxygen atoms in total. The van der Waals surface area contributed by atoms with Crippen LogP contribution in [0.1, 0.15) is 0 Å². The maximum atomic E-state index is 6.23. The third-order valence-electron chi connectivity index (χ3n) is 12.4.